The van der Waals surface area contributed by atoms with Gasteiger partial charge in [0, 0.05) is 6.61 Å². The molecular formula is C8H14N4OS. The van der Waals surface area contributed by atoms with Gasteiger partial charge in [-0.15, -0.1) is 5.10 Å². The fourth-order valence-corrected chi connectivity index (χ4v) is 1.47. The monoisotopic (exact) mass is 214 g/mol. The number of aromatic amines is 1. The number of rotatable bonds is 5. The van der Waals surface area contributed by atoms with Crippen LogP contribution < -0.4 is 5.73 Å². The van der Waals surface area contributed by atoms with E-state index in [2.05, 4.69) is 10.2 Å². The highest BCUT2D eigenvalue weighted by Crippen LogP contribution is 2.28. The van der Waals surface area contributed by atoms with E-state index in [1.807, 2.05) is 0 Å². The molecule has 1 aromatic heterocycles. The molecule has 1 saturated carbocycles. The van der Waals surface area contributed by atoms with Crippen molar-refractivity contribution < 1.29 is 4.74 Å². The van der Waals surface area contributed by atoms with Crippen LogP contribution in [0.4, 0.5) is 5.95 Å². The number of hydrogen-bond donors (Lipinski definition) is 2. The molecule has 3 N–H and O–H groups in total. The second kappa shape index (κ2) is 4.10. The highest BCUT2D eigenvalue weighted by molar-refractivity contribution is 7.71. The predicted molar refractivity (Wildman–Crippen MR) is 55.4 cm³/mol. The van der Waals surface area contributed by atoms with E-state index in [-0.39, 0.29) is 0 Å². The molecule has 0 amide bonds. The van der Waals surface area contributed by atoms with E-state index in [1.54, 1.807) is 4.57 Å². The van der Waals surface area contributed by atoms with Crippen LogP contribution in [0.1, 0.15) is 12.8 Å². The molecule has 6 heteroatoms. The first-order valence-electron chi connectivity index (χ1n) is 4.76. The van der Waals surface area contributed by atoms with Crippen LogP contribution in [0.5, 0.6) is 0 Å². The Hall–Kier alpha value is -0.880. The summed E-state index contributed by atoms with van der Waals surface area (Å²) in [5.41, 5.74) is 5.59. The SMILES string of the molecule is Nc1n[nH]c(=S)n1CCOCC1CC1. The van der Waals surface area contributed by atoms with Gasteiger partial charge in [0.05, 0.1) is 13.2 Å². The van der Waals surface area contributed by atoms with Crippen molar-refractivity contribution in [3.8, 4) is 0 Å². The van der Waals surface area contributed by atoms with Crippen molar-refractivity contribution in [3.05, 3.63) is 4.77 Å². The maximum atomic E-state index is 5.59. The first kappa shape index (κ1) is 9.67. The minimum atomic E-state index is 0.421. The van der Waals surface area contributed by atoms with Crippen LogP contribution >= 0.6 is 12.2 Å². The van der Waals surface area contributed by atoms with Crippen molar-refractivity contribution in [3.63, 3.8) is 0 Å². The molecule has 0 atom stereocenters. The summed E-state index contributed by atoms with van der Waals surface area (Å²) in [5.74, 6) is 1.22. The van der Waals surface area contributed by atoms with Crippen molar-refractivity contribution in [2.45, 2.75) is 19.4 Å². The van der Waals surface area contributed by atoms with Crippen molar-refractivity contribution in [2.24, 2.45) is 5.92 Å². The lowest BCUT2D eigenvalue weighted by Gasteiger charge is -2.04. The van der Waals surface area contributed by atoms with E-state index in [1.165, 1.54) is 12.8 Å². The van der Waals surface area contributed by atoms with Gasteiger partial charge in [0.1, 0.15) is 0 Å². The average molecular weight is 214 g/mol. The van der Waals surface area contributed by atoms with Crippen LogP contribution in [-0.2, 0) is 11.3 Å². The van der Waals surface area contributed by atoms with Gasteiger partial charge in [-0.2, -0.15) is 0 Å². The zero-order valence-corrected chi connectivity index (χ0v) is 8.72. The third-order valence-electron chi connectivity index (χ3n) is 2.30. The third kappa shape index (κ3) is 2.33. The highest BCUT2D eigenvalue weighted by Gasteiger charge is 2.20. The number of nitrogens with zero attached hydrogens (tertiary/aromatic N) is 2. The van der Waals surface area contributed by atoms with Gasteiger partial charge in [-0.3, -0.25) is 4.57 Å². The molecule has 78 valence electrons. The molecule has 0 saturated heterocycles. The van der Waals surface area contributed by atoms with Gasteiger partial charge in [-0.05, 0) is 31.0 Å². The summed E-state index contributed by atoms with van der Waals surface area (Å²) in [4.78, 5) is 0. The fourth-order valence-electron chi connectivity index (χ4n) is 1.24. The molecule has 1 fully saturated rings. The minimum absolute atomic E-state index is 0.421. The van der Waals surface area contributed by atoms with Gasteiger partial charge < -0.3 is 10.5 Å². The number of anilines is 1. The average Bonchev–Trinajstić information content (AvgIpc) is 2.93. The Bertz CT molecular complexity index is 354. The molecule has 0 aromatic carbocycles. The summed E-state index contributed by atoms with van der Waals surface area (Å²) < 4.78 is 7.77. The van der Waals surface area contributed by atoms with E-state index < -0.39 is 0 Å². The number of H-pyrrole nitrogens is 1. The van der Waals surface area contributed by atoms with Crippen LogP contribution in [-0.4, -0.2) is 28.0 Å². The summed E-state index contributed by atoms with van der Waals surface area (Å²) in [6.07, 6.45) is 2.63. The molecule has 14 heavy (non-hydrogen) atoms. The van der Waals surface area contributed by atoms with E-state index in [4.69, 9.17) is 22.7 Å². The molecular weight excluding hydrogens is 200 g/mol. The lowest BCUT2D eigenvalue weighted by molar-refractivity contribution is 0.117. The number of nitrogens with one attached hydrogen (secondary N) is 1. The number of aromatic nitrogens is 3. The van der Waals surface area contributed by atoms with Gasteiger partial charge in [0.15, 0.2) is 4.77 Å². The molecule has 0 spiro atoms. The number of ether oxygens (including phenoxy) is 1. The van der Waals surface area contributed by atoms with E-state index >= 15 is 0 Å². The fraction of sp³-hybridized carbons (Fsp3) is 0.750. The maximum absolute atomic E-state index is 5.59. The molecule has 0 bridgehead atoms. The Morgan fingerprint density at radius 2 is 2.43 bits per heavy atom. The van der Waals surface area contributed by atoms with Crippen LogP contribution in [0.3, 0.4) is 0 Å². The number of hydrogen-bond acceptors (Lipinski definition) is 4. The second-order valence-electron chi connectivity index (χ2n) is 3.56. The van der Waals surface area contributed by atoms with Crippen LogP contribution in [0.2, 0.25) is 0 Å². The molecule has 5 nitrogen and oxygen atoms in total. The van der Waals surface area contributed by atoms with E-state index in [0.29, 0.717) is 23.9 Å². The standard InChI is InChI=1S/C8H14N4OS/c9-7-10-11-8(14)12(7)3-4-13-5-6-1-2-6/h6H,1-5H2,(H2,9,10)(H,11,14). The number of nitrogens with two attached hydrogens (primary N) is 1. The normalized spacial score (nSPS) is 16.0. The van der Waals surface area contributed by atoms with Gasteiger partial charge >= 0.3 is 0 Å². The summed E-state index contributed by atoms with van der Waals surface area (Å²) in [5, 5.41) is 6.44. The van der Waals surface area contributed by atoms with Crippen LogP contribution in [0, 0.1) is 10.7 Å². The predicted octanol–water partition coefficient (Wildman–Crippen LogP) is 0.949. The summed E-state index contributed by atoms with van der Waals surface area (Å²) in [7, 11) is 0. The highest BCUT2D eigenvalue weighted by atomic mass is 32.1. The minimum Gasteiger partial charge on any atom is -0.379 e. The third-order valence-corrected chi connectivity index (χ3v) is 2.61. The Morgan fingerprint density at radius 1 is 1.64 bits per heavy atom. The molecule has 0 radical (unpaired) electrons. The lowest BCUT2D eigenvalue weighted by Crippen LogP contribution is -2.10. The lowest BCUT2D eigenvalue weighted by atomic mass is 10.5. The zero-order chi connectivity index (χ0) is 9.97. The van der Waals surface area contributed by atoms with Gasteiger partial charge in [0.2, 0.25) is 5.95 Å². The van der Waals surface area contributed by atoms with Gasteiger partial charge in [0.25, 0.3) is 0 Å². The largest absolute Gasteiger partial charge is 0.379 e. The first-order chi connectivity index (χ1) is 6.77. The Labute approximate surface area is 87.3 Å². The van der Waals surface area contributed by atoms with Crippen molar-refractivity contribution in [1.82, 2.24) is 14.8 Å². The summed E-state index contributed by atoms with van der Waals surface area (Å²) >= 11 is 5.00. The van der Waals surface area contributed by atoms with Crippen LogP contribution in [0.25, 0.3) is 0 Å². The summed E-state index contributed by atoms with van der Waals surface area (Å²) in [6, 6.07) is 0. The Balaban J connectivity index is 1.76. The van der Waals surface area contributed by atoms with Crippen LogP contribution in [0.15, 0.2) is 0 Å². The second-order valence-corrected chi connectivity index (χ2v) is 3.94. The van der Waals surface area contributed by atoms with Gasteiger partial charge in [-0.1, -0.05) is 0 Å². The molecule has 1 heterocycles. The van der Waals surface area contributed by atoms with Gasteiger partial charge in [-0.25, -0.2) is 5.10 Å². The molecule has 0 unspecified atom stereocenters. The maximum Gasteiger partial charge on any atom is 0.220 e. The van der Waals surface area contributed by atoms with Crippen molar-refractivity contribution in [2.75, 3.05) is 18.9 Å². The first-order valence-corrected chi connectivity index (χ1v) is 5.16. The quantitative estimate of drug-likeness (QED) is 0.565. The van der Waals surface area contributed by atoms with E-state index in [9.17, 15) is 0 Å². The smallest absolute Gasteiger partial charge is 0.220 e. The Morgan fingerprint density at radius 3 is 3.00 bits per heavy atom. The summed E-state index contributed by atoms with van der Waals surface area (Å²) in [6.45, 7) is 2.19. The molecule has 0 aliphatic heterocycles. The number of nitrogen functional groups attached to an aromatic ring is 1. The molecule has 2 rings (SSSR count). The molecule has 1 aromatic rings. The molecule has 1 aliphatic carbocycles. The molecule has 1 aliphatic rings. The topological polar surface area (TPSA) is 68.9 Å². The van der Waals surface area contributed by atoms with E-state index in [0.717, 1.165) is 12.5 Å². The van der Waals surface area contributed by atoms with Crippen molar-refractivity contribution in [1.29, 1.82) is 0 Å². The zero-order valence-electron chi connectivity index (χ0n) is 7.90. The van der Waals surface area contributed by atoms with Crippen molar-refractivity contribution >= 4 is 18.2 Å². The Kier molecular flexibility index (Phi) is 2.83.